The zero-order valence-corrected chi connectivity index (χ0v) is 10.0. The summed E-state index contributed by atoms with van der Waals surface area (Å²) >= 11 is 0. The molecule has 0 aliphatic heterocycles. The van der Waals surface area contributed by atoms with Gasteiger partial charge in [0.25, 0.3) is 0 Å². The lowest BCUT2D eigenvalue weighted by molar-refractivity contribution is 0.0657. The fourth-order valence-corrected chi connectivity index (χ4v) is 2.41. The topological polar surface area (TPSA) is 49.4 Å². The van der Waals surface area contributed by atoms with Crippen LogP contribution in [0.25, 0.3) is 0 Å². The van der Waals surface area contributed by atoms with Crippen molar-refractivity contribution < 1.29 is 8.42 Å². The van der Waals surface area contributed by atoms with Gasteiger partial charge in [0.15, 0.2) is 0 Å². The van der Waals surface area contributed by atoms with Gasteiger partial charge < -0.3 is 4.90 Å². The Kier molecular flexibility index (Phi) is 3.55. The van der Waals surface area contributed by atoms with Crippen molar-refractivity contribution in [2.75, 3.05) is 26.4 Å². The molecule has 84 valence electrons. The molecule has 4 nitrogen and oxygen atoms in total. The minimum absolute atomic E-state index is 0.0717. The Hall–Kier alpha value is -0.130. The van der Waals surface area contributed by atoms with Crippen molar-refractivity contribution in [1.82, 2.24) is 9.62 Å². The van der Waals surface area contributed by atoms with Crippen LogP contribution in [0.5, 0.6) is 0 Å². The lowest BCUT2D eigenvalue weighted by Crippen LogP contribution is -2.57. The third-order valence-electron chi connectivity index (χ3n) is 3.23. The summed E-state index contributed by atoms with van der Waals surface area (Å²) in [5, 5.41) is 0. The predicted molar refractivity (Wildman–Crippen MR) is 57.7 cm³/mol. The minimum atomic E-state index is -3.04. The van der Waals surface area contributed by atoms with Gasteiger partial charge in [-0.15, -0.1) is 0 Å². The second kappa shape index (κ2) is 4.16. The van der Waals surface area contributed by atoms with E-state index < -0.39 is 10.0 Å². The molecule has 14 heavy (non-hydrogen) atoms. The predicted octanol–water partition coefficient (Wildman–Crippen LogP) is 0.410. The van der Waals surface area contributed by atoms with E-state index in [4.69, 9.17) is 0 Å². The summed E-state index contributed by atoms with van der Waals surface area (Å²) < 4.78 is 25.2. The fourth-order valence-electron chi connectivity index (χ4n) is 1.71. The van der Waals surface area contributed by atoms with Gasteiger partial charge in [-0.1, -0.05) is 0 Å². The van der Waals surface area contributed by atoms with Crippen LogP contribution in [0.2, 0.25) is 0 Å². The van der Waals surface area contributed by atoms with E-state index in [9.17, 15) is 8.42 Å². The molecule has 1 rings (SSSR count). The van der Waals surface area contributed by atoms with Crippen LogP contribution >= 0.6 is 0 Å². The van der Waals surface area contributed by atoms with Crippen molar-refractivity contribution in [3.8, 4) is 0 Å². The van der Waals surface area contributed by atoms with Gasteiger partial charge in [-0.05, 0) is 40.3 Å². The molecule has 0 aromatic rings. The largest absolute Gasteiger partial charge is 0.302 e. The van der Waals surface area contributed by atoms with Gasteiger partial charge in [0.05, 0.1) is 5.75 Å². The van der Waals surface area contributed by atoms with Gasteiger partial charge in [0.2, 0.25) is 10.0 Å². The van der Waals surface area contributed by atoms with E-state index in [1.165, 1.54) is 6.42 Å². The van der Waals surface area contributed by atoms with E-state index in [0.29, 0.717) is 6.54 Å². The summed E-state index contributed by atoms with van der Waals surface area (Å²) in [4.78, 5) is 2.13. The summed E-state index contributed by atoms with van der Waals surface area (Å²) in [6.07, 6.45) is 3.38. The smallest absolute Gasteiger partial charge is 0.211 e. The van der Waals surface area contributed by atoms with Crippen LogP contribution in [0.15, 0.2) is 0 Å². The van der Waals surface area contributed by atoms with Crippen molar-refractivity contribution in [2.24, 2.45) is 0 Å². The molecule has 1 aliphatic carbocycles. The molecule has 1 saturated carbocycles. The van der Waals surface area contributed by atoms with Crippen LogP contribution in [0.3, 0.4) is 0 Å². The van der Waals surface area contributed by atoms with E-state index in [1.54, 1.807) is 6.92 Å². The first-order valence-corrected chi connectivity index (χ1v) is 6.72. The third kappa shape index (κ3) is 2.46. The summed E-state index contributed by atoms with van der Waals surface area (Å²) in [6.45, 7) is 2.21. The second-order valence-electron chi connectivity index (χ2n) is 4.20. The molecule has 0 unspecified atom stereocenters. The summed E-state index contributed by atoms with van der Waals surface area (Å²) in [5.41, 5.74) is 0.0717. The maximum atomic E-state index is 11.3. The van der Waals surface area contributed by atoms with Crippen molar-refractivity contribution in [2.45, 2.75) is 31.7 Å². The normalized spacial score (nSPS) is 20.9. The molecule has 0 spiro atoms. The zero-order valence-electron chi connectivity index (χ0n) is 9.21. The molecule has 0 radical (unpaired) electrons. The van der Waals surface area contributed by atoms with E-state index in [2.05, 4.69) is 9.62 Å². The highest BCUT2D eigenvalue weighted by Crippen LogP contribution is 2.35. The Morgan fingerprint density at radius 1 is 1.36 bits per heavy atom. The Balaban J connectivity index is 2.51. The molecule has 0 saturated heterocycles. The molecule has 0 aromatic heterocycles. The van der Waals surface area contributed by atoms with Crippen LogP contribution in [0.4, 0.5) is 0 Å². The van der Waals surface area contributed by atoms with Gasteiger partial charge in [0, 0.05) is 12.1 Å². The maximum absolute atomic E-state index is 11.3. The molecule has 0 heterocycles. The van der Waals surface area contributed by atoms with Crippen LogP contribution in [0, 0.1) is 0 Å². The maximum Gasteiger partial charge on any atom is 0.211 e. The standard InChI is InChI=1S/C9H20N2O2S/c1-4-14(12,13)10-8-9(11(2)3)6-5-7-9/h10H,4-8H2,1-3H3. The number of nitrogens with zero attached hydrogens (tertiary/aromatic N) is 1. The first-order chi connectivity index (χ1) is 6.42. The molecule has 0 atom stereocenters. The Labute approximate surface area is 86.7 Å². The monoisotopic (exact) mass is 220 g/mol. The molecular formula is C9H20N2O2S. The van der Waals surface area contributed by atoms with Gasteiger partial charge in [-0.2, -0.15) is 0 Å². The molecule has 5 heteroatoms. The van der Waals surface area contributed by atoms with Crippen molar-refractivity contribution in [1.29, 1.82) is 0 Å². The lowest BCUT2D eigenvalue weighted by atomic mass is 9.76. The third-order valence-corrected chi connectivity index (χ3v) is 4.58. The van der Waals surface area contributed by atoms with Crippen molar-refractivity contribution in [3.63, 3.8) is 0 Å². The van der Waals surface area contributed by atoms with Gasteiger partial charge in [0.1, 0.15) is 0 Å². The van der Waals surface area contributed by atoms with E-state index >= 15 is 0 Å². The van der Waals surface area contributed by atoms with Crippen molar-refractivity contribution >= 4 is 10.0 Å². The summed E-state index contributed by atoms with van der Waals surface area (Å²) in [7, 11) is 0.988. The van der Waals surface area contributed by atoms with E-state index in [0.717, 1.165) is 12.8 Å². The Morgan fingerprint density at radius 3 is 2.21 bits per heavy atom. The number of hydrogen-bond acceptors (Lipinski definition) is 3. The summed E-state index contributed by atoms with van der Waals surface area (Å²) in [5.74, 6) is 0.163. The quantitative estimate of drug-likeness (QED) is 0.730. The average Bonchev–Trinajstić information content (AvgIpc) is 2.01. The van der Waals surface area contributed by atoms with Gasteiger partial charge in [-0.3, -0.25) is 0 Å². The number of sulfonamides is 1. The van der Waals surface area contributed by atoms with Gasteiger partial charge >= 0.3 is 0 Å². The Bertz CT molecular complexity index is 281. The van der Waals surface area contributed by atoms with Gasteiger partial charge in [-0.25, -0.2) is 13.1 Å². The Morgan fingerprint density at radius 2 is 1.93 bits per heavy atom. The number of hydrogen-bond donors (Lipinski definition) is 1. The van der Waals surface area contributed by atoms with E-state index in [1.807, 2.05) is 14.1 Å². The van der Waals surface area contributed by atoms with Crippen LogP contribution in [0.1, 0.15) is 26.2 Å². The molecule has 1 N–H and O–H groups in total. The molecule has 0 bridgehead atoms. The molecule has 1 fully saturated rings. The minimum Gasteiger partial charge on any atom is -0.302 e. The number of nitrogens with one attached hydrogen (secondary N) is 1. The zero-order chi connectivity index (χ0) is 10.8. The fraction of sp³-hybridized carbons (Fsp3) is 1.00. The lowest BCUT2D eigenvalue weighted by Gasteiger charge is -2.47. The second-order valence-corrected chi connectivity index (χ2v) is 6.29. The number of rotatable bonds is 5. The average molecular weight is 220 g/mol. The SMILES string of the molecule is CCS(=O)(=O)NCC1(N(C)C)CCC1. The summed E-state index contributed by atoms with van der Waals surface area (Å²) in [6, 6.07) is 0. The van der Waals surface area contributed by atoms with Crippen LogP contribution in [-0.4, -0.2) is 45.2 Å². The molecular weight excluding hydrogens is 200 g/mol. The van der Waals surface area contributed by atoms with E-state index in [-0.39, 0.29) is 11.3 Å². The molecule has 0 amide bonds. The molecule has 1 aliphatic rings. The highest BCUT2D eigenvalue weighted by atomic mass is 32.2. The highest BCUT2D eigenvalue weighted by molar-refractivity contribution is 7.89. The van der Waals surface area contributed by atoms with Crippen molar-refractivity contribution in [3.05, 3.63) is 0 Å². The van der Waals surface area contributed by atoms with Crippen LogP contribution < -0.4 is 4.72 Å². The first-order valence-electron chi connectivity index (χ1n) is 5.07. The van der Waals surface area contributed by atoms with Crippen LogP contribution in [-0.2, 0) is 10.0 Å². The highest BCUT2D eigenvalue weighted by Gasteiger charge is 2.39. The number of likely N-dealkylation sites (N-methyl/N-ethyl adjacent to an activating group) is 1. The first kappa shape index (κ1) is 11.9. The molecule has 0 aromatic carbocycles.